The third kappa shape index (κ3) is 4.26. The van der Waals surface area contributed by atoms with Crippen LogP contribution in [0.1, 0.15) is 20.3 Å². The van der Waals surface area contributed by atoms with Gasteiger partial charge in [0.15, 0.2) is 0 Å². The highest BCUT2D eigenvalue weighted by Gasteiger charge is 2.30. The number of rotatable bonds is 5. The van der Waals surface area contributed by atoms with E-state index in [4.69, 9.17) is 4.74 Å². The van der Waals surface area contributed by atoms with Crippen LogP contribution in [-0.4, -0.2) is 59.6 Å². The molecule has 0 bridgehead atoms. The molecule has 0 radical (unpaired) electrons. The summed E-state index contributed by atoms with van der Waals surface area (Å²) in [5.74, 6) is 1.05. The summed E-state index contributed by atoms with van der Waals surface area (Å²) in [6.07, 6.45) is 7.06. The van der Waals surface area contributed by atoms with Crippen molar-refractivity contribution in [3.8, 4) is 5.88 Å². The predicted molar refractivity (Wildman–Crippen MR) is 94.3 cm³/mol. The van der Waals surface area contributed by atoms with Crippen molar-refractivity contribution in [1.29, 1.82) is 0 Å². The maximum atomic E-state index is 12.4. The van der Waals surface area contributed by atoms with Gasteiger partial charge in [0, 0.05) is 38.3 Å². The van der Waals surface area contributed by atoms with Crippen molar-refractivity contribution >= 4 is 11.7 Å². The van der Waals surface area contributed by atoms with Crippen LogP contribution in [0.25, 0.3) is 0 Å². The fraction of sp³-hybridized carbons (Fsp3) is 0.556. The minimum Gasteiger partial charge on any atom is -0.477 e. The van der Waals surface area contributed by atoms with Crippen molar-refractivity contribution in [1.82, 2.24) is 14.8 Å². The van der Waals surface area contributed by atoms with Gasteiger partial charge in [-0.25, -0.2) is 9.78 Å². The van der Waals surface area contributed by atoms with Crippen LogP contribution in [0, 0.1) is 5.92 Å². The van der Waals surface area contributed by atoms with Crippen molar-refractivity contribution in [2.24, 2.45) is 5.92 Å². The Labute approximate surface area is 143 Å². The Hall–Kier alpha value is -2.08. The Balaban J connectivity index is 1.48. The average Bonchev–Trinajstić information content (AvgIpc) is 3.25. The van der Waals surface area contributed by atoms with Crippen LogP contribution in [0.4, 0.5) is 10.5 Å². The molecule has 130 valence electrons. The third-order valence-electron chi connectivity index (χ3n) is 4.37. The molecule has 1 aromatic rings. The second-order valence-electron chi connectivity index (χ2n) is 6.83. The van der Waals surface area contributed by atoms with Crippen molar-refractivity contribution in [3.05, 3.63) is 30.5 Å². The quantitative estimate of drug-likeness (QED) is 0.843. The van der Waals surface area contributed by atoms with Gasteiger partial charge in [0.25, 0.3) is 0 Å². The van der Waals surface area contributed by atoms with Crippen LogP contribution in [0.15, 0.2) is 30.5 Å². The van der Waals surface area contributed by atoms with E-state index in [2.05, 4.69) is 41.2 Å². The standard InChI is InChI=1S/C18H26N4O2/c1-14(2)13-24-17-6-5-15(11-19-17)20-18(23)22-10-7-16(12-22)21-8-3-4-9-21/h3-6,11,14,16H,7-10,12-13H2,1-2H3,(H,20,23). The van der Waals surface area contributed by atoms with Gasteiger partial charge in [-0.3, -0.25) is 4.90 Å². The smallest absolute Gasteiger partial charge is 0.321 e. The molecule has 24 heavy (non-hydrogen) atoms. The largest absolute Gasteiger partial charge is 0.477 e. The molecular weight excluding hydrogens is 304 g/mol. The molecule has 3 rings (SSSR count). The predicted octanol–water partition coefficient (Wildman–Crippen LogP) is 2.59. The molecule has 6 nitrogen and oxygen atoms in total. The zero-order chi connectivity index (χ0) is 16.9. The number of anilines is 1. The van der Waals surface area contributed by atoms with Crippen molar-refractivity contribution in [2.75, 3.05) is 38.1 Å². The number of pyridine rings is 1. The zero-order valence-electron chi connectivity index (χ0n) is 14.4. The molecule has 6 heteroatoms. The molecule has 2 amide bonds. The van der Waals surface area contributed by atoms with Crippen LogP contribution in [0.2, 0.25) is 0 Å². The molecule has 1 unspecified atom stereocenters. The second-order valence-corrected chi connectivity index (χ2v) is 6.83. The second kappa shape index (κ2) is 7.66. The van der Waals surface area contributed by atoms with Gasteiger partial charge in [-0.15, -0.1) is 0 Å². The number of nitrogens with one attached hydrogen (secondary N) is 1. The summed E-state index contributed by atoms with van der Waals surface area (Å²) >= 11 is 0. The molecule has 1 atom stereocenters. The van der Waals surface area contributed by atoms with Gasteiger partial charge in [0.05, 0.1) is 18.5 Å². The number of ether oxygens (including phenoxy) is 1. The number of urea groups is 1. The minimum atomic E-state index is -0.0534. The molecule has 0 spiro atoms. The van der Waals surface area contributed by atoms with Gasteiger partial charge in [0.1, 0.15) is 0 Å². The summed E-state index contributed by atoms with van der Waals surface area (Å²) in [5, 5.41) is 2.92. The lowest BCUT2D eigenvalue weighted by atomic mass is 10.2. The summed E-state index contributed by atoms with van der Waals surface area (Å²) in [6.45, 7) is 8.42. The van der Waals surface area contributed by atoms with E-state index >= 15 is 0 Å². The van der Waals surface area contributed by atoms with E-state index in [1.807, 2.05) is 11.0 Å². The highest BCUT2D eigenvalue weighted by Crippen LogP contribution is 2.19. The SMILES string of the molecule is CC(C)COc1ccc(NC(=O)N2CCC(N3CC=CC3)C2)cn1. The lowest BCUT2D eigenvalue weighted by molar-refractivity contribution is 0.212. The van der Waals surface area contributed by atoms with Crippen LogP contribution in [0.5, 0.6) is 5.88 Å². The number of hydrogen-bond donors (Lipinski definition) is 1. The first kappa shape index (κ1) is 16.8. The summed E-state index contributed by atoms with van der Waals surface area (Å²) in [4.78, 5) is 20.9. The molecule has 0 saturated carbocycles. The number of nitrogens with zero attached hydrogens (tertiary/aromatic N) is 3. The topological polar surface area (TPSA) is 57.7 Å². The Morgan fingerprint density at radius 1 is 1.38 bits per heavy atom. The Morgan fingerprint density at radius 3 is 2.83 bits per heavy atom. The first-order chi connectivity index (χ1) is 11.6. The third-order valence-corrected chi connectivity index (χ3v) is 4.37. The summed E-state index contributed by atoms with van der Waals surface area (Å²) < 4.78 is 5.55. The molecule has 1 saturated heterocycles. The monoisotopic (exact) mass is 330 g/mol. The zero-order valence-corrected chi connectivity index (χ0v) is 14.4. The van der Waals surface area contributed by atoms with Crippen molar-refractivity contribution in [3.63, 3.8) is 0 Å². The van der Waals surface area contributed by atoms with E-state index in [0.717, 1.165) is 32.6 Å². The number of carbonyl (C=O) groups is 1. The lowest BCUT2D eigenvalue weighted by Gasteiger charge is -2.23. The Bertz CT molecular complexity index is 577. The molecule has 1 aromatic heterocycles. The number of aromatic nitrogens is 1. The number of amides is 2. The van der Waals surface area contributed by atoms with E-state index in [9.17, 15) is 4.79 Å². The fourth-order valence-electron chi connectivity index (χ4n) is 3.01. The molecule has 0 aromatic carbocycles. The van der Waals surface area contributed by atoms with Crippen LogP contribution in [0.3, 0.4) is 0 Å². The maximum Gasteiger partial charge on any atom is 0.321 e. The number of carbonyl (C=O) groups excluding carboxylic acids is 1. The van der Waals surface area contributed by atoms with Gasteiger partial charge < -0.3 is 15.0 Å². The molecule has 0 aliphatic carbocycles. The first-order valence-electron chi connectivity index (χ1n) is 8.65. The summed E-state index contributed by atoms with van der Waals surface area (Å²) in [5.41, 5.74) is 0.697. The van der Waals surface area contributed by atoms with Gasteiger partial charge in [0.2, 0.25) is 5.88 Å². The summed E-state index contributed by atoms with van der Waals surface area (Å²) in [6, 6.07) is 4.04. The van der Waals surface area contributed by atoms with Crippen LogP contribution < -0.4 is 10.1 Å². The maximum absolute atomic E-state index is 12.4. The van der Waals surface area contributed by atoms with Crippen molar-refractivity contribution < 1.29 is 9.53 Å². The Morgan fingerprint density at radius 2 is 2.17 bits per heavy atom. The van der Waals surface area contributed by atoms with Gasteiger partial charge in [-0.05, 0) is 18.4 Å². The van der Waals surface area contributed by atoms with E-state index in [-0.39, 0.29) is 6.03 Å². The molecule has 1 N–H and O–H groups in total. The highest BCUT2D eigenvalue weighted by molar-refractivity contribution is 5.89. The van der Waals surface area contributed by atoms with Gasteiger partial charge >= 0.3 is 6.03 Å². The first-order valence-corrected chi connectivity index (χ1v) is 8.65. The number of likely N-dealkylation sites (tertiary alicyclic amines) is 1. The lowest BCUT2D eigenvalue weighted by Crippen LogP contribution is -2.38. The van der Waals surface area contributed by atoms with Crippen LogP contribution >= 0.6 is 0 Å². The number of hydrogen-bond acceptors (Lipinski definition) is 4. The van der Waals surface area contributed by atoms with E-state index in [0.29, 0.717) is 30.1 Å². The Kier molecular flexibility index (Phi) is 5.35. The molecule has 2 aliphatic heterocycles. The van der Waals surface area contributed by atoms with Gasteiger partial charge in [-0.1, -0.05) is 26.0 Å². The molecule has 3 heterocycles. The minimum absolute atomic E-state index is 0.0534. The average molecular weight is 330 g/mol. The van der Waals surface area contributed by atoms with Gasteiger partial charge in [-0.2, -0.15) is 0 Å². The highest BCUT2D eigenvalue weighted by atomic mass is 16.5. The van der Waals surface area contributed by atoms with E-state index in [1.165, 1.54) is 0 Å². The van der Waals surface area contributed by atoms with Crippen LogP contribution in [-0.2, 0) is 0 Å². The molecular formula is C18H26N4O2. The van der Waals surface area contributed by atoms with E-state index < -0.39 is 0 Å². The van der Waals surface area contributed by atoms with Crippen molar-refractivity contribution in [2.45, 2.75) is 26.3 Å². The fourth-order valence-corrected chi connectivity index (χ4v) is 3.01. The van der Waals surface area contributed by atoms with E-state index in [1.54, 1.807) is 12.3 Å². The molecule has 2 aliphatic rings. The summed E-state index contributed by atoms with van der Waals surface area (Å²) in [7, 11) is 0. The normalized spacial score (nSPS) is 20.8. The molecule has 1 fully saturated rings.